The molecular weight excluding hydrogens is 338 g/mol. The molecule has 0 N–H and O–H groups in total. The average molecular weight is 366 g/mol. The van der Waals surface area contributed by atoms with E-state index in [2.05, 4.69) is 49.4 Å². The molecule has 0 aromatic heterocycles. The molecule has 140 valence electrons. The van der Waals surface area contributed by atoms with Crippen molar-refractivity contribution in [2.75, 3.05) is 0 Å². The summed E-state index contributed by atoms with van der Waals surface area (Å²) >= 11 is 0. The summed E-state index contributed by atoms with van der Waals surface area (Å²) in [5.74, 6) is 0. The summed E-state index contributed by atoms with van der Waals surface area (Å²) in [6.45, 7) is 2.27. The standard InChI is InChI=1S/C27H27N/c1-2-3-4-5-6-7-20-10-14-26-24(16-20)18-25-17-23(13-15-27(25)26)22-11-8-21(19-28)9-12-22/h8-17H,2-7,18H2,1H3. The van der Waals surface area contributed by atoms with Gasteiger partial charge in [-0.2, -0.15) is 5.26 Å². The predicted octanol–water partition coefficient (Wildman–Crippen LogP) is 7.31. The van der Waals surface area contributed by atoms with Crippen LogP contribution in [0.1, 0.15) is 61.3 Å². The number of hydrogen-bond donors (Lipinski definition) is 0. The normalized spacial score (nSPS) is 11.7. The van der Waals surface area contributed by atoms with Crippen LogP contribution < -0.4 is 0 Å². The minimum atomic E-state index is 0.708. The number of nitriles is 1. The fourth-order valence-corrected chi connectivity index (χ4v) is 4.27. The molecule has 0 unspecified atom stereocenters. The highest BCUT2D eigenvalue weighted by molar-refractivity contribution is 5.80. The first kappa shape index (κ1) is 18.5. The van der Waals surface area contributed by atoms with E-state index in [1.54, 1.807) is 0 Å². The van der Waals surface area contributed by atoms with Crippen LogP contribution in [-0.4, -0.2) is 0 Å². The zero-order chi connectivity index (χ0) is 19.3. The average Bonchev–Trinajstić information content (AvgIpc) is 3.10. The molecule has 1 aliphatic rings. The Morgan fingerprint density at radius 1 is 0.750 bits per heavy atom. The largest absolute Gasteiger partial charge is 0.192 e. The second kappa shape index (κ2) is 8.44. The third-order valence-corrected chi connectivity index (χ3v) is 5.86. The van der Waals surface area contributed by atoms with E-state index in [-0.39, 0.29) is 0 Å². The van der Waals surface area contributed by atoms with Gasteiger partial charge in [-0.15, -0.1) is 0 Å². The van der Waals surface area contributed by atoms with E-state index in [1.165, 1.54) is 77.5 Å². The van der Waals surface area contributed by atoms with Gasteiger partial charge in [0.05, 0.1) is 11.6 Å². The summed E-state index contributed by atoms with van der Waals surface area (Å²) in [6.07, 6.45) is 8.91. The van der Waals surface area contributed by atoms with Crippen molar-refractivity contribution in [3.63, 3.8) is 0 Å². The molecule has 3 aromatic carbocycles. The van der Waals surface area contributed by atoms with Crippen LogP contribution >= 0.6 is 0 Å². The predicted molar refractivity (Wildman–Crippen MR) is 117 cm³/mol. The quantitative estimate of drug-likeness (QED) is 0.315. The molecule has 1 heteroatoms. The number of unbranched alkanes of at least 4 members (excludes halogenated alkanes) is 4. The maximum atomic E-state index is 8.99. The molecule has 0 saturated heterocycles. The molecule has 0 spiro atoms. The molecule has 0 saturated carbocycles. The third kappa shape index (κ3) is 3.87. The maximum Gasteiger partial charge on any atom is 0.0991 e. The molecule has 0 bridgehead atoms. The van der Waals surface area contributed by atoms with Crippen molar-refractivity contribution in [3.8, 4) is 28.3 Å². The SMILES string of the molecule is CCCCCCCc1ccc2c(c1)Cc1cc(-c3ccc(C#N)cc3)ccc1-2. The van der Waals surface area contributed by atoms with Crippen molar-refractivity contribution in [1.29, 1.82) is 5.26 Å². The molecule has 0 radical (unpaired) electrons. The Morgan fingerprint density at radius 2 is 1.43 bits per heavy atom. The lowest BCUT2D eigenvalue weighted by Gasteiger charge is -2.07. The maximum absolute atomic E-state index is 8.99. The topological polar surface area (TPSA) is 23.8 Å². The zero-order valence-electron chi connectivity index (χ0n) is 16.7. The van der Waals surface area contributed by atoms with E-state index in [9.17, 15) is 0 Å². The lowest BCUT2D eigenvalue weighted by molar-refractivity contribution is 0.632. The zero-order valence-corrected chi connectivity index (χ0v) is 16.7. The lowest BCUT2D eigenvalue weighted by atomic mass is 9.98. The van der Waals surface area contributed by atoms with Gasteiger partial charge in [-0.25, -0.2) is 0 Å². The molecule has 0 aliphatic heterocycles. The number of fused-ring (bicyclic) bond motifs is 3. The molecule has 4 rings (SSSR count). The molecule has 1 nitrogen and oxygen atoms in total. The van der Waals surface area contributed by atoms with Crippen molar-refractivity contribution in [2.24, 2.45) is 0 Å². The minimum Gasteiger partial charge on any atom is -0.192 e. The Morgan fingerprint density at radius 3 is 2.18 bits per heavy atom. The van der Waals surface area contributed by atoms with Crippen LogP contribution in [0.4, 0.5) is 0 Å². The Balaban J connectivity index is 1.49. The lowest BCUT2D eigenvalue weighted by Crippen LogP contribution is -1.89. The van der Waals surface area contributed by atoms with Gasteiger partial charge in [-0.1, -0.05) is 81.1 Å². The molecule has 1 aliphatic carbocycles. The first-order valence-electron chi connectivity index (χ1n) is 10.5. The van der Waals surface area contributed by atoms with Crippen LogP contribution in [0.15, 0.2) is 60.7 Å². The second-order valence-electron chi connectivity index (χ2n) is 7.89. The van der Waals surface area contributed by atoms with Crippen molar-refractivity contribution in [2.45, 2.75) is 51.9 Å². The smallest absolute Gasteiger partial charge is 0.0991 e. The molecule has 0 heterocycles. The molecule has 3 aromatic rings. The van der Waals surface area contributed by atoms with Gasteiger partial charge in [-0.3, -0.25) is 0 Å². The van der Waals surface area contributed by atoms with E-state index >= 15 is 0 Å². The first-order chi connectivity index (χ1) is 13.8. The van der Waals surface area contributed by atoms with Gasteiger partial charge in [0.1, 0.15) is 0 Å². The van der Waals surface area contributed by atoms with E-state index in [0.717, 1.165) is 6.42 Å². The van der Waals surface area contributed by atoms with Gasteiger partial charge in [0.25, 0.3) is 0 Å². The molecule has 28 heavy (non-hydrogen) atoms. The monoisotopic (exact) mass is 365 g/mol. The number of benzene rings is 3. The fraction of sp³-hybridized carbons (Fsp3) is 0.296. The van der Waals surface area contributed by atoms with Crippen LogP contribution in [0.2, 0.25) is 0 Å². The van der Waals surface area contributed by atoms with Gasteiger partial charge >= 0.3 is 0 Å². The minimum absolute atomic E-state index is 0.708. The second-order valence-corrected chi connectivity index (χ2v) is 7.89. The summed E-state index contributed by atoms with van der Waals surface area (Å²) in [6, 6.07) is 23.9. The molecular formula is C27H27N. The van der Waals surface area contributed by atoms with Gasteiger partial charge in [0.2, 0.25) is 0 Å². The summed E-state index contributed by atoms with van der Waals surface area (Å²) in [5.41, 5.74) is 10.3. The van der Waals surface area contributed by atoms with Gasteiger partial charge in [0, 0.05) is 0 Å². The summed E-state index contributed by atoms with van der Waals surface area (Å²) in [5, 5.41) is 8.99. The number of hydrogen-bond acceptors (Lipinski definition) is 1. The number of nitrogens with zero attached hydrogens (tertiary/aromatic N) is 1. The Bertz CT molecular complexity index is 1010. The highest BCUT2D eigenvalue weighted by Crippen LogP contribution is 2.39. The molecule has 0 amide bonds. The molecule has 0 fully saturated rings. The van der Waals surface area contributed by atoms with E-state index < -0.39 is 0 Å². The van der Waals surface area contributed by atoms with Crippen molar-refractivity contribution in [3.05, 3.63) is 82.9 Å². The van der Waals surface area contributed by atoms with Crippen molar-refractivity contribution >= 4 is 0 Å². The summed E-state index contributed by atoms with van der Waals surface area (Å²) in [4.78, 5) is 0. The van der Waals surface area contributed by atoms with Gasteiger partial charge in [0.15, 0.2) is 0 Å². The summed E-state index contributed by atoms with van der Waals surface area (Å²) < 4.78 is 0. The van der Waals surface area contributed by atoms with E-state index in [0.29, 0.717) is 5.56 Å². The highest BCUT2D eigenvalue weighted by atomic mass is 14.2. The Labute approximate surface area is 168 Å². The molecule has 0 atom stereocenters. The number of rotatable bonds is 7. The van der Waals surface area contributed by atoms with Gasteiger partial charge < -0.3 is 0 Å². The first-order valence-corrected chi connectivity index (χ1v) is 10.5. The highest BCUT2D eigenvalue weighted by Gasteiger charge is 2.19. The van der Waals surface area contributed by atoms with Crippen LogP contribution in [0.25, 0.3) is 22.3 Å². The van der Waals surface area contributed by atoms with E-state index in [1.807, 2.05) is 24.3 Å². The van der Waals surface area contributed by atoms with Crippen molar-refractivity contribution < 1.29 is 0 Å². The Hall–Kier alpha value is -2.85. The summed E-state index contributed by atoms with van der Waals surface area (Å²) in [7, 11) is 0. The third-order valence-electron chi connectivity index (χ3n) is 5.86. The van der Waals surface area contributed by atoms with Crippen LogP contribution in [0.5, 0.6) is 0 Å². The van der Waals surface area contributed by atoms with Crippen molar-refractivity contribution in [1.82, 2.24) is 0 Å². The van der Waals surface area contributed by atoms with Crippen LogP contribution in [0.3, 0.4) is 0 Å². The van der Waals surface area contributed by atoms with E-state index in [4.69, 9.17) is 5.26 Å². The Kier molecular flexibility index (Phi) is 5.58. The number of aryl methyl sites for hydroxylation is 1. The van der Waals surface area contributed by atoms with Gasteiger partial charge in [-0.05, 0) is 70.3 Å². The van der Waals surface area contributed by atoms with Crippen LogP contribution in [-0.2, 0) is 12.8 Å². The van der Waals surface area contributed by atoms with Crippen LogP contribution in [0, 0.1) is 11.3 Å². The fourth-order valence-electron chi connectivity index (χ4n) is 4.27.